The van der Waals surface area contributed by atoms with Crippen molar-refractivity contribution in [2.45, 2.75) is 38.6 Å². The molecule has 0 radical (unpaired) electrons. The number of hydrogen-bond donors (Lipinski definition) is 1. The molecule has 0 heterocycles. The summed E-state index contributed by atoms with van der Waals surface area (Å²) in [5.74, 6) is 0.877. The van der Waals surface area contributed by atoms with Gasteiger partial charge < -0.3 is 19.5 Å². The van der Waals surface area contributed by atoms with Gasteiger partial charge in [0.1, 0.15) is 0 Å². The number of nitrogens with one attached hydrogen (secondary N) is 1. The summed E-state index contributed by atoms with van der Waals surface area (Å²) in [5.41, 5.74) is 0. The average Bonchev–Trinajstić information content (AvgIpc) is 2.90. The fraction of sp³-hybridized carbons (Fsp3) is 1.00. The van der Waals surface area contributed by atoms with Crippen molar-refractivity contribution < 1.29 is 14.2 Å². The quantitative estimate of drug-likeness (QED) is 0.575. The summed E-state index contributed by atoms with van der Waals surface area (Å²) in [5, 5.41) is 3.55. The highest BCUT2D eigenvalue weighted by atomic mass is 16.5. The Morgan fingerprint density at radius 1 is 1.00 bits per heavy atom. The zero-order chi connectivity index (χ0) is 13.1. The van der Waals surface area contributed by atoms with Gasteiger partial charge in [0.15, 0.2) is 0 Å². The van der Waals surface area contributed by atoms with Crippen LogP contribution in [0.25, 0.3) is 0 Å². The number of rotatable bonds is 11. The van der Waals surface area contributed by atoms with Gasteiger partial charge in [-0.05, 0) is 25.7 Å². The Labute approximate surface area is 111 Å². The zero-order valence-corrected chi connectivity index (χ0v) is 12.0. The first-order chi connectivity index (χ1) is 8.84. The predicted octanol–water partition coefficient (Wildman–Crippen LogP) is 1.83. The molecule has 1 N–H and O–H groups in total. The molecule has 0 aromatic carbocycles. The van der Waals surface area contributed by atoms with E-state index in [0.717, 1.165) is 19.1 Å². The van der Waals surface area contributed by atoms with Gasteiger partial charge in [0, 0.05) is 19.7 Å². The molecule has 108 valence electrons. The Kier molecular flexibility index (Phi) is 9.48. The maximum Gasteiger partial charge on any atom is 0.0701 e. The van der Waals surface area contributed by atoms with Gasteiger partial charge in [0.05, 0.1) is 33.0 Å². The molecule has 0 unspecified atom stereocenters. The van der Waals surface area contributed by atoms with Gasteiger partial charge in [0.2, 0.25) is 0 Å². The molecule has 1 aliphatic rings. The summed E-state index contributed by atoms with van der Waals surface area (Å²) in [4.78, 5) is 0. The standard InChI is InChI=1S/C14H29NO3/c1-13(14-5-3-4-6-14)15-7-8-17-11-12-18-10-9-16-2/h13-15H,3-12H2,1-2H3/t13-/m0/s1. The van der Waals surface area contributed by atoms with Crippen molar-refractivity contribution in [2.75, 3.05) is 46.7 Å². The Morgan fingerprint density at radius 3 is 2.28 bits per heavy atom. The molecule has 1 aliphatic carbocycles. The molecule has 0 spiro atoms. The van der Waals surface area contributed by atoms with E-state index in [9.17, 15) is 0 Å². The van der Waals surface area contributed by atoms with Gasteiger partial charge in [-0.15, -0.1) is 0 Å². The van der Waals surface area contributed by atoms with E-state index >= 15 is 0 Å². The molecule has 0 aliphatic heterocycles. The van der Waals surface area contributed by atoms with Crippen LogP contribution in [0.1, 0.15) is 32.6 Å². The van der Waals surface area contributed by atoms with E-state index in [1.165, 1.54) is 25.7 Å². The third-order valence-electron chi connectivity index (χ3n) is 3.62. The second kappa shape index (κ2) is 10.7. The lowest BCUT2D eigenvalue weighted by Gasteiger charge is -2.20. The zero-order valence-electron chi connectivity index (χ0n) is 12.0. The van der Waals surface area contributed by atoms with Crippen LogP contribution in [0.15, 0.2) is 0 Å². The highest BCUT2D eigenvalue weighted by molar-refractivity contribution is 4.76. The molecule has 1 rings (SSSR count). The Bertz CT molecular complexity index is 184. The van der Waals surface area contributed by atoms with E-state index in [-0.39, 0.29) is 0 Å². The molecule has 1 atom stereocenters. The fourth-order valence-corrected chi connectivity index (χ4v) is 2.45. The van der Waals surface area contributed by atoms with E-state index < -0.39 is 0 Å². The summed E-state index contributed by atoms with van der Waals surface area (Å²) < 4.78 is 15.7. The Balaban J connectivity index is 1.80. The molecule has 0 bridgehead atoms. The SMILES string of the molecule is COCCOCCOCCN[C@@H](C)C1CCCC1. The topological polar surface area (TPSA) is 39.7 Å². The van der Waals surface area contributed by atoms with E-state index in [2.05, 4.69) is 12.2 Å². The molecule has 0 aromatic rings. The van der Waals surface area contributed by atoms with Crippen LogP contribution in [0.3, 0.4) is 0 Å². The van der Waals surface area contributed by atoms with Crippen LogP contribution in [0.4, 0.5) is 0 Å². The fourth-order valence-electron chi connectivity index (χ4n) is 2.45. The highest BCUT2D eigenvalue weighted by Gasteiger charge is 2.20. The van der Waals surface area contributed by atoms with Crippen molar-refractivity contribution in [1.82, 2.24) is 5.32 Å². The van der Waals surface area contributed by atoms with Crippen molar-refractivity contribution in [1.29, 1.82) is 0 Å². The van der Waals surface area contributed by atoms with Gasteiger partial charge in [0.25, 0.3) is 0 Å². The van der Waals surface area contributed by atoms with Gasteiger partial charge in [-0.1, -0.05) is 12.8 Å². The molecule has 4 heteroatoms. The van der Waals surface area contributed by atoms with Crippen LogP contribution >= 0.6 is 0 Å². The van der Waals surface area contributed by atoms with E-state index in [4.69, 9.17) is 14.2 Å². The maximum atomic E-state index is 5.50. The number of methoxy groups -OCH3 is 1. The largest absolute Gasteiger partial charge is 0.382 e. The summed E-state index contributed by atoms with van der Waals surface area (Å²) in [6.07, 6.45) is 5.60. The molecule has 0 aromatic heterocycles. The van der Waals surface area contributed by atoms with Crippen LogP contribution in [0.5, 0.6) is 0 Å². The lowest BCUT2D eigenvalue weighted by molar-refractivity contribution is 0.0250. The molecule has 0 amide bonds. The second-order valence-corrected chi connectivity index (χ2v) is 5.00. The number of ether oxygens (including phenoxy) is 3. The van der Waals surface area contributed by atoms with Crippen LogP contribution in [-0.2, 0) is 14.2 Å². The average molecular weight is 259 g/mol. The predicted molar refractivity (Wildman–Crippen MR) is 72.9 cm³/mol. The van der Waals surface area contributed by atoms with Crippen LogP contribution < -0.4 is 5.32 Å². The van der Waals surface area contributed by atoms with Gasteiger partial charge in [-0.2, -0.15) is 0 Å². The summed E-state index contributed by atoms with van der Waals surface area (Å²) in [6, 6.07) is 0.633. The third-order valence-corrected chi connectivity index (χ3v) is 3.62. The first-order valence-electron chi connectivity index (χ1n) is 7.22. The molecule has 1 saturated carbocycles. The molecule has 18 heavy (non-hydrogen) atoms. The molecular weight excluding hydrogens is 230 g/mol. The van der Waals surface area contributed by atoms with Crippen molar-refractivity contribution >= 4 is 0 Å². The van der Waals surface area contributed by atoms with Crippen LogP contribution in [-0.4, -0.2) is 52.7 Å². The smallest absolute Gasteiger partial charge is 0.0701 e. The van der Waals surface area contributed by atoms with E-state index in [1.54, 1.807) is 7.11 Å². The van der Waals surface area contributed by atoms with Crippen LogP contribution in [0.2, 0.25) is 0 Å². The van der Waals surface area contributed by atoms with Gasteiger partial charge in [-0.3, -0.25) is 0 Å². The molecular formula is C14H29NO3. The third kappa shape index (κ3) is 7.31. The van der Waals surface area contributed by atoms with Crippen molar-refractivity contribution in [3.63, 3.8) is 0 Å². The minimum atomic E-state index is 0.633. The second-order valence-electron chi connectivity index (χ2n) is 5.00. The lowest BCUT2D eigenvalue weighted by Crippen LogP contribution is -2.34. The van der Waals surface area contributed by atoms with Crippen molar-refractivity contribution in [3.05, 3.63) is 0 Å². The van der Waals surface area contributed by atoms with Crippen LogP contribution in [0, 0.1) is 5.92 Å². The summed E-state index contributed by atoms with van der Waals surface area (Å²) >= 11 is 0. The normalized spacial score (nSPS) is 18.3. The lowest BCUT2D eigenvalue weighted by atomic mass is 10.00. The summed E-state index contributed by atoms with van der Waals surface area (Å²) in [6.45, 7) is 6.63. The molecule has 4 nitrogen and oxygen atoms in total. The molecule has 1 fully saturated rings. The van der Waals surface area contributed by atoms with Crippen molar-refractivity contribution in [2.24, 2.45) is 5.92 Å². The van der Waals surface area contributed by atoms with Gasteiger partial charge in [-0.25, -0.2) is 0 Å². The Morgan fingerprint density at radius 2 is 1.61 bits per heavy atom. The monoisotopic (exact) mass is 259 g/mol. The van der Waals surface area contributed by atoms with Gasteiger partial charge >= 0.3 is 0 Å². The van der Waals surface area contributed by atoms with E-state index in [0.29, 0.717) is 32.5 Å². The highest BCUT2D eigenvalue weighted by Crippen LogP contribution is 2.27. The Hall–Kier alpha value is -0.160. The van der Waals surface area contributed by atoms with Crippen molar-refractivity contribution in [3.8, 4) is 0 Å². The minimum Gasteiger partial charge on any atom is -0.382 e. The maximum absolute atomic E-state index is 5.50. The first-order valence-corrected chi connectivity index (χ1v) is 7.22. The first kappa shape index (κ1) is 15.9. The van der Waals surface area contributed by atoms with E-state index in [1.807, 2.05) is 0 Å². The molecule has 0 saturated heterocycles. The number of hydrogen-bond acceptors (Lipinski definition) is 4. The summed E-state index contributed by atoms with van der Waals surface area (Å²) in [7, 11) is 1.68. The minimum absolute atomic E-state index is 0.633.